The van der Waals surface area contributed by atoms with Gasteiger partial charge in [-0.1, -0.05) is 0 Å². The molecule has 0 rings (SSSR count). The van der Waals surface area contributed by atoms with Crippen LogP contribution in [0.4, 0.5) is 0 Å². The van der Waals surface area contributed by atoms with E-state index in [0.717, 1.165) is 0 Å². The van der Waals surface area contributed by atoms with E-state index < -0.39 is 9.05 Å². The van der Waals surface area contributed by atoms with Crippen LogP contribution in [0.2, 0.25) is 0 Å². The second-order valence-electron chi connectivity index (χ2n) is 1.32. The molecule has 0 saturated carbocycles. The Morgan fingerprint density at radius 1 is 1.20 bits per heavy atom. The van der Waals surface area contributed by atoms with Crippen molar-refractivity contribution in [2.75, 3.05) is 13.2 Å². The van der Waals surface area contributed by atoms with Gasteiger partial charge in [0.1, 0.15) is 0 Å². The van der Waals surface area contributed by atoms with Crippen LogP contribution in [0.15, 0.2) is 0 Å². The highest BCUT2D eigenvalue weighted by Crippen LogP contribution is 1.85. The fraction of sp³-hybridized carbons (Fsp3) is 1.00. The van der Waals surface area contributed by atoms with Gasteiger partial charge in [-0.05, 0) is 13.8 Å². The molecule has 0 radical (unpaired) electrons. The summed E-state index contributed by atoms with van der Waals surface area (Å²) in [5.41, 5.74) is 0. The first-order valence-electron chi connectivity index (χ1n) is 2.89. The number of aliphatic hydroxyl groups excluding tert-OH is 1. The summed E-state index contributed by atoms with van der Waals surface area (Å²) in [5.74, 6) is 0. The fourth-order valence-corrected chi connectivity index (χ4v) is 0.581. The van der Waals surface area contributed by atoms with Gasteiger partial charge in [0.25, 0.3) is 0 Å². The topological polar surface area (TPSA) is 90.2 Å². The Morgan fingerprint density at radius 3 is 1.50 bits per heavy atom. The lowest BCUT2D eigenvalue weighted by Gasteiger charge is -2.05. The monoisotopic (exact) mass is 170 g/mol. The van der Waals surface area contributed by atoms with Gasteiger partial charge in [-0.3, -0.25) is 0 Å². The van der Waals surface area contributed by atoms with E-state index in [0.29, 0.717) is 0 Å². The van der Waals surface area contributed by atoms with E-state index in [-0.39, 0.29) is 13.2 Å². The SMILES string of the molecule is CCO.CCO[Si](O)(O)O. The molecule has 0 aromatic carbocycles. The van der Waals surface area contributed by atoms with E-state index in [2.05, 4.69) is 4.43 Å². The molecule has 4 N–H and O–H groups in total. The molecule has 5 nitrogen and oxygen atoms in total. The average molecular weight is 170 g/mol. The van der Waals surface area contributed by atoms with E-state index in [4.69, 9.17) is 19.5 Å². The minimum Gasteiger partial charge on any atom is -0.397 e. The molecule has 0 heterocycles. The predicted octanol–water partition coefficient (Wildman–Crippen LogP) is -1.57. The molecule has 0 spiro atoms. The van der Waals surface area contributed by atoms with E-state index >= 15 is 0 Å². The van der Waals surface area contributed by atoms with Crippen LogP contribution in [0, 0.1) is 0 Å². The van der Waals surface area contributed by atoms with Gasteiger partial charge < -0.3 is 23.9 Å². The Hall–Kier alpha value is 0.0169. The molecule has 0 aliphatic rings. The number of aliphatic hydroxyl groups is 1. The van der Waals surface area contributed by atoms with Crippen LogP contribution < -0.4 is 0 Å². The van der Waals surface area contributed by atoms with Crippen molar-refractivity contribution in [3.63, 3.8) is 0 Å². The molecule has 0 amide bonds. The molecule has 64 valence electrons. The molecule has 0 bridgehead atoms. The predicted molar refractivity (Wildman–Crippen MR) is 36.8 cm³/mol. The lowest BCUT2D eigenvalue weighted by atomic mass is 10.9. The standard InChI is InChI=1S/C2H8O4Si.C2H6O/c1-2-6-7(3,4)5;1-2-3/h3-5H,2H2,1H3;3H,2H2,1H3. The Labute approximate surface area is 61.0 Å². The molecule has 10 heavy (non-hydrogen) atoms. The van der Waals surface area contributed by atoms with Crippen LogP contribution in [-0.4, -0.2) is 41.8 Å². The van der Waals surface area contributed by atoms with E-state index in [9.17, 15) is 0 Å². The molecule has 0 saturated heterocycles. The molecule has 0 aromatic heterocycles. The van der Waals surface area contributed by atoms with E-state index in [1.54, 1.807) is 13.8 Å². The zero-order valence-electron chi connectivity index (χ0n) is 6.11. The Balaban J connectivity index is 0. The van der Waals surface area contributed by atoms with E-state index in [1.165, 1.54) is 0 Å². The van der Waals surface area contributed by atoms with Gasteiger partial charge in [-0.15, -0.1) is 0 Å². The average Bonchev–Trinajstić information content (AvgIpc) is 1.63. The van der Waals surface area contributed by atoms with Crippen molar-refractivity contribution >= 4 is 9.05 Å². The quantitative estimate of drug-likeness (QED) is 0.376. The van der Waals surface area contributed by atoms with Gasteiger partial charge in [0.15, 0.2) is 0 Å². The van der Waals surface area contributed by atoms with Crippen molar-refractivity contribution < 1.29 is 23.9 Å². The molecule has 0 aromatic rings. The zero-order valence-corrected chi connectivity index (χ0v) is 7.11. The maximum absolute atomic E-state index is 8.05. The van der Waals surface area contributed by atoms with Crippen LogP contribution in [0.1, 0.15) is 13.8 Å². The zero-order chi connectivity index (χ0) is 8.62. The highest BCUT2D eigenvalue weighted by atomic mass is 28.4. The molecule has 0 unspecified atom stereocenters. The minimum atomic E-state index is -4.16. The highest BCUT2D eigenvalue weighted by Gasteiger charge is 2.28. The van der Waals surface area contributed by atoms with Crippen molar-refractivity contribution in [2.45, 2.75) is 13.8 Å². The number of rotatable bonds is 2. The first-order chi connectivity index (χ1) is 4.47. The summed E-state index contributed by atoms with van der Waals surface area (Å²) in [5, 5.41) is 7.57. The van der Waals surface area contributed by atoms with Crippen molar-refractivity contribution in [2.24, 2.45) is 0 Å². The van der Waals surface area contributed by atoms with E-state index in [1.807, 2.05) is 0 Å². The summed E-state index contributed by atoms with van der Waals surface area (Å²) in [6, 6.07) is 0. The lowest BCUT2D eigenvalue weighted by molar-refractivity contribution is 0.0687. The number of hydrogen-bond donors (Lipinski definition) is 4. The largest absolute Gasteiger partial charge is 0.671 e. The Morgan fingerprint density at radius 2 is 1.50 bits per heavy atom. The van der Waals surface area contributed by atoms with Gasteiger partial charge in [-0.25, -0.2) is 0 Å². The minimum absolute atomic E-state index is 0.121. The van der Waals surface area contributed by atoms with Gasteiger partial charge in [0, 0.05) is 13.2 Å². The summed E-state index contributed by atoms with van der Waals surface area (Å²) in [7, 11) is -4.16. The second-order valence-corrected chi connectivity index (χ2v) is 2.76. The van der Waals surface area contributed by atoms with Gasteiger partial charge in [0.05, 0.1) is 0 Å². The molecule has 0 fully saturated rings. The molecule has 0 atom stereocenters. The molecular weight excluding hydrogens is 156 g/mol. The third-order valence-corrected chi connectivity index (χ3v) is 1.01. The first kappa shape index (κ1) is 12.7. The summed E-state index contributed by atoms with van der Waals surface area (Å²) >= 11 is 0. The lowest BCUT2D eigenvalue weighted by Crippen LogP contribution is -2.38. The van der Waals surface area contributed by atoms with Crippen molar-refractivity contribution in [1.29, 1.82) is 0 Å². The first-order valence-corrected chi connectivity index (χ1v) is 4.64. The highest BCUT2D eigenvalue weighted by molar-refractivity contribution is 6.48. The summed E-state index contributed by atoms with van der Waals surface area (Å²) in [6.07, 6.45) is 0. The molecule has 0 aliphatic heterocycles. The van der Waals surface area contributed by atoms with Crippen LogP contribution >= 0.6 is 0 Å². The van der Waals surface area contributed by atoms with Crippen LogP contribution in [0.25, 0.3) is 0 Å². The Kier molecular flexibility index (Phi) is 9.03. The van der Waals surface area contributed by atoms with Crippen molar-refractivity contribution in [3.8, 4) is 0 Å². The van der Waals surface area contributed by atoms with Gasteiger partial charge in [-0.2, -0.15) is 0 Å². The maximum atomic E-state index is 8.05. The van der Waals surface area contributed by atoms with Gasteiger partial charge in [0.2, 0.25) is 0 Å². The van der Waals surface area contributed by atoms with Crippen LogP contribution in [-0.2, 0) is 4.43 Å². The number of hydrogen-bond acceptors (Lipinski definition) is 5. The van der Waals surface area contributed by atoms with Crippen LogP contribution in [0.3, 0.4) is 0 Å². The summed E-state index contributed by atoms with van der Waals surface area (Å²) in [4.78, 5) is 24.1. The fourth-order valence-electron chi connectivity index (χ4n) is 0.194. The summed E-state index contributed by atoms with van der Waals surface area (Å²) in [6.45, 7) is 3.61. The van der Waals surface area contributed by atoms with Crippen LogP contribution in [0.5, 0.6) is 0 Å². The maximum Gasteiger partial charge on any atom is 0.671 e. The molecular formula is C4H14O5Si. The Bertz CT molecular complexity index is 61.2. The normalized spacial score (nSPS) is 10.2. The molecule has 0 aliphatic carbocycles. The summed E-state index contributed by atoms with van der Waals surface area (Å²) < 4.78 is 4.03. The molecule has 6 heteroatoms. The second kappa shape index (κ2) is 7.13. The van der Waals surface area contributed by atoms with Crippen molar-refractivity contribution in [3.05, 3.63) is 0 Å². The smallest absolute Gasteiger partial charge is 0.397 e. The van der Waals surface area contributed by atoms with Gasteiger partial charge >= 0.3 is 9.05 Å². The third kappa shape index (κ3) is 24.5. The van der Waals surface area contributed by atoms with Crippen molar-refractivity contribution in [1.82, 2.24) is 0 Å². The third-order valence-electron chi connectivity index (χ3n) is 0.338.